The molecule has 1 aliphatic rings. The van der Waals surface area contributed by atoms with Crippen LogP contribution >= 0.6 is 0 Å². The molecule has 0 bridgehead atoms. The molecule has 3 N–H and O–H groups in total. The number of nitrogens with zero attached hydrogens (tertiary/aromatic N) is 1. The molecule has 2 aromatic carbocycles. The molecule has 7 nitrogen and oxygen atoms in total. The van der Waals surface area contributed by atoms with Gasteiger partial charge in [0.15, 0.2) is 0 Å². The Bertz CT molecular complexity index is 872. The number of carbonyl (C=O) groups excluding carboxylic acids is 1. The second-order valence-corrected chi connectivity index (χ2v) is 6.09. The van der Waals surface area contributed by atoms with Gasteiger partial charge in [-0.3, -0.25) is 0 Å². The number of carbonyl (C=O) groups is 2. The lowest BCUT2D eigenvalue weighted by atomic mass is 9.99. The number of halogens is 1. The summed E-state index contributed by atoms with van der Waals surface area (Å²) in [5.74, 6) is -0.0984. The van der Waals surface area contributed by atoms with Crippen LogP contribution in [0.2, 0.25) is 0 Å². The molecule has 0 unspecified atom stereocenters. The highest BCUT2D eigenvalue weighted by atomic mass is 19.1. The zero-order valence-electron chi connectivity index (χ0n) is 14.8. The van der Waals surface area contributed by atoms with Crippen LogP contribution in [0.3, 0.4) is 0 Å². The van der Waals surface area contributed by atoms with Crippen molar-refractivity contribution < 1.29 is 23.8 Å². The fourth-order valence-electron chi connectivity index (χ4n) is 2.96. The number of hydrogen-bond acceptors (Lipinski definition) is 3. The first-order valence-electron chi connectivity index (χ1n) is 8.56. The Balaban J connectivity index is 1.69. The van der Waals surface area contributed by atoms with Crippen LogP contribution in [0.4, 0.5) is 25.4 Å². The first kappa shape index (κ1) is 18.5. The Kier molecular flexibility index (Phi) is 5.44. The van der Waals surface area contributed by atoms with E-state index in [0.29, 0.717) is 37.6 Å². The number of amides is 3. The highest BCUT2D eigenvalue weighted by Gasteiger charge is 2.20. The Morgan fingerprint density at radius 2 is 2.00 bits per heavy atom. The van der Waals surface area contributed by atoms with E-state index in [0.717, 1.165) is 11.1 Å². The number of urea groups is 1. The number of carboxylic acid groups (broad SMARTS) is 1. The van der Waals surface area contributed by atoms with Crippen molar-refractivity contribution in [3.8, 4) is 5.75 Å². The van der Waals surface area contributed by atoms with Crippen LogP contribution in [0.5, 0.6) is 5.75 Å². The number of hydrogen-bond donors (Lipinski definition) is 3. The Morgan fingerprint density at radius 3 is 2.74 bits per heavy atom. The van der Waals surface area contributed by atoms with Crippen LogP contribution in [-0.2, 0) is 13.0 Å². The molecule has 8 heteroatoms. The van der Waals surface area contributed by atoms with Crippen LogP contribution in [0.15, 0.2) is 36.4 Å². The number of fused-ring (bicyclic) bond motifs is 1. The molecule has 1 aliphatic heterocycles. The van der Waals surface area contributed by atoms with Crippen molar-refractivity contribution in [3.63, 3.8) is 0 Å². The van der Waals surface area contributed by atoms with E-state index in [2.05, 4.69) is 10.6 Å². The topological polar surface area (TPSA) is 90.9 Å². The van der Waals surface area contributed by atoms with Gasteiger partial charge >= 0.3 is 12.1 Å². The van der Waals surface area contributed by atoms with E-state index in [1.807, 2.05) is 6.07 Å². The molecule has 0 aliphatic carbocycles. The minimum atomic E-state index is -0.942. The summed E-state index contributed by atoms with van der Waals surface area (Å²) in [7, 11) is 0. The lowest BCUT2D eigenvalue weighted by molar-refractivity contribution is 0.140. The van der Waals surface area contributed by atoms with E-state index < -0.39 is 17.9 Å². The van der Waals surface area contributed by atoms with Gasteiger partial charge in [-0.05, 0) is 48.7 Å². The summed E-state index contributed by atoms with van der Waals surface area (Å²) in [5.41, 5.74) is 2.72. The number of rotatable bonds is 4. The van der Waals surface area contributed by atoms with E-state index >= 15 is 0 Å². The molecule has 0 aromatic heterocycles. The SMILES string of the molecule is CCOc1ccc(F)cc1NC(=O)Nc1ccc2c(c1)CCN(C(=O)O)C2. The number of nitrogens with one attached hydrogen (secondary N) is 2. The van der Waals surface area contributed by atoms with Gasteiger partial charge in [-0.25, -0.2) is 14.0 Å². The average molecular weight is 373 g/mol. The van der Waals surface area contributed by atoms with Crippen molar-refractivity contribution in [1.82, 2.24) is 4.90 Å². The molecule has 0 radical (unpaired) electrons. The summed E-state index contributed by atoms with van der Waals surface area (Å²) in [6, 6.07) is 8.72. The predicted octanol–water partition coefficient (Wildman–Crippen LogP) is 3.90. The van der Waals surface area contributed by atoms with Gasteiger partial charge in [-0.2, -0.15) is 0 Å². The number of ether oxygens (including phenoxy) is 1. The highest BCUT2D eigenvalue weighted by molar-refractivity contribution is 6.00. The van der Waals surface area contributed by atoms with Crippen molar-refractivity contribution in [1.29, 1.82) is 0 Å². The maximum absolute atomic E-state index is 13.5. The van der Waals surface area contributed by atoms with Crippen LogP contribution in [0.25, 0.3) is 0 Å². The second-order valence-electron chi connectivity index (χ2n) is 6.09. The standard InChI is InChI=1S/C19H20FN3O4/c1-2-27-17-6-4-14(20)10-16(17)22-18(24)21-15-5-3-13-11-23(19(25)26)8-7-12(13)9-15/h3-6,9-10H,2,7-8,11H2,1H3,(H,25,26)(H2,21,22,24). The van der Waals surface area contributed by atoms with E-state index in [4.69, 9.17) is 9.84 Å². The summed E-state index contributed by atoms with van der Waals surface area (Å²) in [5, 5.41) is 14.4. The van der Waals surface area contributed by atoms with Gasteiger partial charge in [0, 0.05) is 24.8 Å². The molecule has 1 heterocycles. The zero-order chi connectivity index (χ0) is 19.4. The van der Waals surface area contributed by atoms with Gasteiger partial charge in [-0.15, -0.1) is 0 Å². The van der Waals surface area contributed by atoms with E-state index in [1.54, 1.807) is 19.1 Å². The molecule has 0 spiro atoms. The van der Waals surface area contributed by atoms with E-state index in [9.17, 15) is 14.0 Å². The third-order valence-corrected chi connectivity index (χ3v) is 4.24. The molecule has 142 valence electrons. The van der Waals surface area contributed by atoms with Crippen molar-refractivity contribution >= 4 is 23.5 Å². The molecular formula is C19H20FN3O4. The Hall–Kier alpha value is -3.29. The molecule has 0 saturated heterocycles. The maximum atomic E-state index is 13.5. The van der Waals surface area contributed by atoms with E-state index in [-0.39, 0.29) is 5.69 Å². The summed E-state index contributed by atoms with van der Waals surface area (Å²) in [6.45, 7) is 2.93. The second kappa shape index (κ2) is 7.94. The fraction of sp³-hybridized carbons (Fsp3) is 0.263. The highest BCUT2D eigenvalue weighted by Crippen LogP contribution is 2.26. The van der Waals surface area contributed by atoms with Gasteiger partial charge in [0.05, 0.1) is 12.3 Å². The minimum Gasteiger partial charge on any atom is -0.492 e. The quantitative estimate of drug-likeness (QED) is 0.758. The van der Waals surface area contributed by atoms with Crippen LogP contribution < -0.4 is 15.4 Å². The van der Waals surface area contributed by atoms with Gasteiger partial charge in [0.25, 0.3) is 0 Å². The van der Waals surface area contributed by atoms with Gasteiger partial charge in [0.2, 0.25) is 0 Å². The van der Waals surface area contributed by atoms with Gasteiger partial charge in [-0.1, -0.05) is 6.07 Å². The average Bonchev–Trinajstić information content (AvgIpc) is 2.63. The third kappa shape index (κ3) is 4.46. The lowest BCUT2D eigenvalue weighted by Gasteiger charge is -2.26. The summed E-state index contributed by atoms with van der Waals surface area (Å²) in [4.78, 5) is 24.7. The smallest absolute Gasteiger partial charge is 0.407 e. The summed E-state index contributed by atoms with van der Waals surface area (Å²) >= 11 is 0. The van der Waals surface area contributed by atoms with Crippen molar-refractivity contribution in [2.75, 3.05) is 23.8 Å². The third-order valence-electron chi connectivity index (χ3n) is 4.24. The molecule has 0 fully saturated rings. The zero-order valence-corrected chi connectivity index (χ0v) is 14.8. The molecule has 27 heavy (non-hydrogen) atoms. The summed E-state index contributed by atoms with van der Waals surface area (Å²) in [6.07, 6.45) is -0.362. The van der Waals surface area contributed by atoms with Crippen LogP contribution in [0, 0.1) is 5.82 Å². The minimum absolute atomic E-state index is 0.240. The monoisotopic (exact) mass is 373 g/mol. The lowest BCUT2D eigenvalue weighted by Crippen LogP contribution is -2.34. The molecule has 3 rings (SSSR count). The van der Waals surface area contributed by atoms with Crippen LogP contribution in [-0.4, -0.2) is 35.3 Å². The maximum Gasteiger partial charge on any atom is 0.407 e. The summed E-state index contributed by atoms with van der Waals surface area (Å²) < 4.78 is 18.9. The number of benzene rings is 2. The molecular weight excluding hydrogens is 353 g/mol. The number of anilines is 2. The first-order chi connectivity index (χ1) is 13.0. The van der Waals surface area contributed by atoms with Gasteiger partial charge in [0.1, 0.15) is 11.6 Å². The Morgan fingerprint density at radius 1 is 1.19 bits per heavy atom. The Labute approximate surface area is 155 Å². The molecule has 2 aromatic rings. The van der Waals surface area contributed by atoms with Crippen molar-refractivity contribution in [2.24, 2.45) is 0 Å². The van der Waals surface area contributed by atoms with E-state index in [1.165, 1.54) is 23.1 Å². The fourth-order valence-corrected chi connectivity index (χ4v) is 2.96. The molecule has 0 atom stereocenters. The first-order valence-corrected chi connectivity index (χ1v) is 8.56. The predicted molar refractivity (Wildman–Crippen MR) is 98.8 cm³/mol. The molecule has 0 saturated carbocycles. The normalized spacial score (nSPS) is 12.9. The molecule has 3 amide bonds. The largest absolute Gasteiger partial charge is 0.492 e. The van der Waals surface area contributed by atoms with Crippen molar-refractivity contribution in [2.45, 2.75) is 19.9 Å². The van der Waals surface area contributed by atoms with Crippen LogP contribution in [0.1, 0.15) is 18.1 Å². The van der Waals surface area contributed by atoms with Crippen molar-refractivity contribution in [3.05, 3.63) is 53.3 Å². The van der Waals surface area contributed by atoms with Gasteiger partial charge < -0.3 is 25.4 Å².